The third-order valence-electron chi connectivity index (χ3n) is 3.59. The Labute approximate surface area is 142 Å². The number of halogens is 3. The van der Waals surface area contributed by atoms with E-state index in [1.54, 1.807) is 0 Å². The van der Waals surface area contributed by atoms with E-state index in [4.69, 9.17) is 5.73 Å². The van der Waals surface area contributed by atoms with Crippen molar-refractivity contribution in [3.8, 4) is 0 Å². The number of benzene rings is 1. The molecular formula is C16H19F3N4S. The van der Waals surface area contributed by atoms with E-state index in [9.17, 15) is 13.2 Å². The van der Waals surface area contributed by atoms with Gasteiger partial charge in [-0.2, -0.15) is 13.2 Å². The average Bonchev–Trinajstić information content (AvgIpc) is 3.02. The van der Waals surface area contributed by atoms with Gasteiger partial charge in [-0.15, -0.1) is 11.3 Å². The van der Waals surface area contributed by atoms with Crippen LogP contribution >= 0.6 is 11.3 Å². The average molecular weight is 356 g/mol. The first kappa shape index (κ1) is 18.3. The van der Waals surface area contributed by atoms with Crippen LogP contribution in [0.25, 0.3) is 0 Å². The first-order valence-corrected chi connectivity index (χ1v) is 8.36. The highest BCUT2D eigenvalue weighted by atomic mass is 32.1. The van der Waals surface area contributed by atoms with Crippen LogP contribution in [0.3, 0.4) is 0 Å². The van der Waals surface area contributed by atoms with E-state index in [2.05, 4.69) is 29.1 Å². The largest absolute Gasteiger partial charge is 0.434 e. The molecule has 0 aliphatic carbocycles. The summed E-state index contributed by atoms with van der Waals surface area (Å²) in [6, 6.07) is 7.82. The maximum Gasteiger partial charge on any atom is 0.434 e. The van der Waals surface area contributed by atoms with Crippen LogP contribution in [0, 0.1) is 0 Å². The number of nitrogens with two attached hydrogens (primary N) is 1. The Morgan fingerprint density at radius 2 is 2.00 bits per heavy atom. The zero-order valence-electron chi connectivity index (χ0n) is 13.4. The molecule has 2 aromatic rings. The van der Waals surface area contributed by atoms with Crippen LogP contribution in [0.4, 0.5) is 18.9 Å². The number of alkyl halides is 3. The Morgan fingerprint density at radius 3 is 2.54 bits per heavy atom. The number of hydrogen-bond donors (Lipinski definition) is 2. The van der Waals surface area contributed by atoms with Crippen LogP contribution in [0.15, 0.2) is 34.6 Å². The Bertz CT molecular complexity index is 692. The Morgan fingerprint density at radius 1 is 1.33 bits per heavy atom. The van der Waals surface area contributed by atoms with E-state index in [-0.39, 0.29) is 17.5 Å². The van der Waals surface area contributed by atoms with E-state index >= 15 is 0 Å². The Hall–Kier alpha value is -2.09. The lowest BCUT2D eigenvalue weighted by molar-refractivity contribution is -0.140. The molecule has 24 heavy (non-hydrogen) atoms. The van der Waals surface area contributed by atoms with Crippen LogP contribution in [0.2, 0.25) is 0 Å². The predicted octanol–water partition coefficient (Wildman–Crippen LogP) is 4.60. The van der Waals surface area contributed by atoms with Crippen molar-refractivity contribution in [1.29, 1.82) is 0 Å². The molecule has 1 aromatic carbocycles. The maximum absolute atomic E-state index is 12.5. The van der Waals surface area contributed by atoms with Gasteiger partial charge in [-0.05, 0) is 30.0 Å². The van der Waals surface area contributed by atoms with Crippen LogP contribution in [0.5, 0.6) is 0 Å². The SMILES string of the molecule is CCC(C)c1ccc(NC(N)=NCc2nc(C(F)(F)F)cs2)cc1. The van der Waals surface area contributed by atoms with Crippen molar-refractivity contribution in [1.82, 2.24) is 4.98 Å². The van der Waals surface area contributed by atoms with Gasteiger partial charge in [0.1, 0.15) is 5.01 Å². The van der Waals surface area contributed by atoms with Crippen molar-refractivity contribution < 1.29 is 13.2 Å². The number of nitrogens with one attached hydrogen (secondary N) is 1. The van der Waals surface area contributed by atoms with Gasteiger partial charge in [0, 0.05) is 11.1 Å². The summed E-state index contributed by atoms with van der Waals surface area (Å²) < 4.78 is 37.4. The summed E-state index contributed by atoms with van der Waals surface area (Å²) in [6.45, 7) is 4.29. The number of thiazole rings is 1. The molecule has 130 valence electrons. The van der Waals surface area contributed by atoms with E-state index in [0.717, 1.165) is 28.8 Å². The minimum absolute atomic E-state index is 0.00450. The fourth-order valence-corrected chi connectivity index (χ4v) is 2.71. The second kappa shape index (κ2) is 7.65. The number of hydrogen-bond acceptors (Lipinski definition) is 3. The van der Waals surface area contributed by atoms with E-state index in [0.29, 0.717) is 5.92 Å². The molecule has 1 aromatic heterocycles. The van der Waals surface area contributed by atoms with Crippen molar-refractivity contribution in [2.75, 3.05) is 5.32 Å². The quantitative estimate of drug-likeness (QED) is 0.608. The predicted molar refractivity (Wildman–Crippen MR) is 91.2 cm³/mol. The number of anilines is 1. The summed E-state index contributed by atoms with van der Waals surface area (Å²) in [6.07, 6.45) is -3.37. The molecule has 0 amide bonds. The normalized spacial score (nSPS) is 13.8. The summed E-state index contributed by atoms with van der Waals surface area (Å²) in [5.74, 6) is 0.618. The molecule has 1 heterocycles. The van der Waals surface area contributed by atoms with Crippen molar-refractivity contribution in [2.24, 2.45) is 10.7 Å². The third-order valence-corrected chi connectivity index (χ3v) is 4.42. The van der Waals surface area contributed by atoms with Crippen molar-refractivity contribution >= 4 is 23.0 Å². The van der Waals surface area contributed by atoms with Gasteiger partial charge in [-0.3, -0.25) is 0 Å². The fraction of sp³-hybridized carbons (Fsp3) is 0.375. The topological polar surface area (TPSA) is 63.3 Å². The molecule has 4 nitrogen and oxygen atoms in total. The maximum atomic E-state index is 12.5. The van der Waals surface area contributed by atoms with Gasteiger partial charge in [0.25, 0.3) is 0 Å². The molecule has 1 unspecified atom stereocenters. The number of aliphatic imine (C=N–C) groups is 1. The molecule has 0 radical (unpaired) electrons. The van der Waals surface area contributed by atoms with Crippen LogP contribution in [0.1, 0.15) is 42.5 Å². The molecule has 3 N–H and O–H groups in total. The van der Waals surface area contributed by atoms with Gasteiger partial charge >= 0.3 is 6.18 Å². The third kappa shape index (κ3) is 4.95. The summed E-state index contributed by atoms with van der Waals surface area (Å²) in [5.41, 5.74) is 6.88. The number of nitrogens with zero attached hydrogens (tertiary/aromatic N) is 2. The lowest BCUT2D eigenvalue weighted by Gasteiger charge is -2.10. The highest BCUT2D eigenvalue weighted by molar-refractivity contribution is 7.09. The van der Waals surface area contributed by atoms with Crippen molar-refractivity contribution in [3.63, 3.8) is 0 Å². The Balaban J connectivity index is 1.95. The van der Waals surface area contributed by atoms with Crippen molar-refractivity contribution in [3.05, 3.63) is 45.9 Å². The molecule has 1 atom stereocenters. The summed E-state index contributed by atoms with van der Waals surface area (Å²) >= 11 is 0.911. The fourth-order valence-electron chi connectivity index (χ4n) is 1.98. The first-order chi connectivity index (χ1) is 11.3. The standard InChI is InChI=1S/C16H19F3N4S/c1-3-10(2)11-4-6-12(7-5-11)22-15(20)21-8-14-23-13(9-24-14)16(17,18)19/h4-7,9-10H,3,8H2,1-2H3,(H3,20,21,22). The molecule has 2 rings (SSSR count). The second-order valence-corrected chi connectivity index (χ2v) is 6.32. The minimum Gasteiger partial charge on any atom is -0.370 e. The first-order valence-electron chi connectivity index (χ1n) is 7.48. The van der Waals surface area contributed by atoms with Gasteiger partial charge in [0.2, 0.25) is 0 Å². The molecule has 0 spiro atoms. The zero-order valence-corrected chi connectivity index (χ0v) is 14.2. The minimum atomic E-state index is -4.43. The lowest BCUT2D eigenvalue weighted by atomic mass is 9.99. The lowest BCUT2D eigenvalue weighted by Crippen LogP contribution is -2.22. The van der Waals surface area contributed by atoms with E-state index in [1.807, 2.05) is 24.3 Å². The summed E-state index contributed by atoms with van der Waals surface area (Å²) in [5, 5.41) is 4.15. The highest BCUT2D eigenvalue weighted by Crippen LogP contribution is 2.30. The molecule has 0 fully saturated rings. The smallest absolute Gasteiger partial charge is 0.370 e. The van der Waals surface area contributed by atoms with E-state index in [1.165, 1.54) is 5.56 Å². The number of aromatic nitrogens is 1. The van der Waals surface area contributed by atoms with Gasteiger partial charge in [-0.25, -0.2) is 9.98 Å². The van der Waals surface area contributed by atoms with E-state index < -0.39 is 11.9 Å². The highest BCUT2D eigenvalue weighted by Gasteiger charge is 2.33. The van der Waals surface area contributed by atoms with Crippen LogP contribution < -0.4 is 11.1 Å². The molecule has 0 bridgehead atoms. The Kier molecular flexibility index (Phi) is 5.82. The van der Waals surface area contributed by atoms with Gasteiger partial charge in [0.05, 0.1) is 6.54 Å². The molecule has 0 aliphatic rings. The molecule has 0 saturated carbocycles. The number of rotatable bonds is 5. The molecular weight excluding hydrogens is 337 g/mol. The van der Waals surface area contributed by atoms with Crippen LogP contribution in [-0.2, 0) is 12.7 Å². The summed E-state index contributed by atoms with van der Waals surface area (Å²) in [4.78, 5) is 7.53. The van der Waals surface area contributed by atoms with Gasteiger partial charge in [-0.1, -0.05) is 26.0 Å². The summed E-state index contributed by atoms with van der Waals surface area (Å²) in [7, 11) is 0. The monoisotopic (exact) mass is 356 g/mol. The second-order valence-electron chi connectivity index (χ2n) is 5.38. The molecule has 0 saturated heterocycles. The van der Waals surface area contributed by atoms with Gasteiger partial charge < -0.3 is 11.1 Å². The van der Waals surface area contributed by atoms with Crippen LogP contribution in [-0.4, -0.2) is 10.9 Å². The number of guanidine groups is 1. The molecule has 8 heteroatoms. The van der Waals surface area contributed by atoms with Gasteiger partial charge in [0.15, 0.2) is 11.7 Å². The molecule has 0 aliphatic heterocycles. The zero-order chi connectivity index (χ0) is 17.7. The van der Waals surface area contributed by atoms with Crippen molar-refractivity contribution in [2.45, 2.75) is 38.9 Å².